The summed E-state index contributed by atoms with van der Waals surface area (Å²) in [6.07, 6.45) is 2.67. The van der Waals surface area contributed by atoms with E-state index in [1.807, 2.05) is 13.0 Å². The predicted octanol–water partition coefficient (Wildman–Crippen LogP) is 1.70. The van der Waals surface area contributed by atoms with Gasteiger partial charge in [0, 0.05) is 6.42 Å². The molecule has 1 aromatic rings. The molecular weight excluding hydrogens is 188 g/mol. The number of carbonyl (C=O) groups excluding carboxylic acids is 1. The second-order valence-corrected chi connectivity index (χ2v) is 3.84. The lowest BCUT2D eigenvalue weighted by molar-refractivity contribution is -0.122. The largest absolute Gasteiger partial charge is 0.291 e. The number of aryl methyl sites for hydroxylation is 1. The second kappa shape index (κ2) is 4.45. The van der Waals surface area contributed by atoms with Crippen LogP contribution in [0.15, 0.2) is 24.3 Å². The highest BCUT2D eigenvalue weighted by molar-refractivity contribution is 5.74. The van der Waals surface area contributed by atoms with Crippen LogP contribution in [0.1, 0.15) is 36.9 Å². The van der Waals surface area contributed by atoms with Crippen molar-refractivity contribution in [3.63, 3.8) is 0 Å². The summed E-state index contributed by atoms with van der Waals surface area (Å²) in [5, 5.41) is 0. The van der Waals surface area contributed by atoms with Gasteiger partial charge in [0.25, 0.3) is 0 Å². The van der Waals surface area contributed by atoms with Crippen molar-refractivity contribution in [2.45, 2.75) is 32.2 Å². The molecule has 0 bridgehead atoms. The first kappa shape index (κ1) is 10.2. The molecule has 0 heterocycles. The highest BCUT2D eigenvalue weighted by atomic mass is 16.2. The van der Waals surface area contributed by atoms with Gasteiger partial charge in [-0.2, -0.15) is 0 Å². The van der Waals surface area contributed by atoms with Crippen LogP contribution in [-0.4, -0.2) is 5.91 Å². The molecule has 1 amide bonds. The van der Waals surface area contributed by atoms with E-state index < -0.39 is 0 Å². The molecule has 0 aromatic heterocycles. The van der Waals surface area contributed by atoms with Gasteiger partial charge in [0.2, 0.25) is 5.91 Å². The Balaban J connectivity index is 1.99. The SMILES string of the molecule is CCC(=O)NNC1CCc2ccccc21. The summed E-state index contributed by atoms with van der Waals surface area (Å²) in [5.41, 5.74) is 8.52. The number of nitrogens with one attached hydrogen (secondary N) is 2. The Morgan fingerprint density at radius 3 is 3.07 bits per heavy atom. The number of hydrazine groups is 1. The minimum absolute atomic E-state index is 0.0411. The van der Waals surface area contributed by atoms with Crippen molar-refractivity contribution in [2.24, 2.45) is 0 Å². The predicted molar refractivity (Wildman–Crippen MR) is 59.1 cm³/mol. The summed E-state index contributed by atoms with van der Waals surface area (Å²) < 4.78 is 0. The van der Waals surface area contributed by atoms with E-state index in [1.165, 1.54) is 11.1 Å². The number of hydrogen-bond donors (Lipinski definition) is 2. The summed E-state index contributed by atoms with van der Waals surface area (Å²) in [6.45, 7) is 1.85. The number of hydrogen-bond acceptors (Lipinski definition) is 2. The number of benzene rings is 1. The third kappa shape index (κ3) is 2.18. The molecule has 0 saturated carbocycles. The molecule has 1 unspecified atom stereocenters. The number of rotatable bonds is 3. The maximum Gasteiger partial charge on any atom is 0.233 e. The summed E-state index contributed by atoms with van der Waals surface area (Å²) in [4.78, 5) is 11.1. The van der Waals surface area contributed by atoms with Crippen molar-refractivity contribution in [3.8, 4) is 0 Å². The van der Waals surface area contributed by atoms with Crippen molar-refractivity contribution in [2.75, 3.05) is 0 Å². The highest BCUT2D eigenvalue weighted by Crippen LogP contribution is 2.29. The van der Waals surface area contributed by atoms with E-state index in [9.17, 15) is 4.79 Å². The molecule has 3 nitrogen and oxygen atoms in total. The average Bonchev–Trinajstić information content (AvgIpc) is 2.69. The van der Waals surface area contributed by atoms with Crippen LogP contribution in [0.3, 0.4) is 0 Å². The van der Waals surface area contributed by atoms with E-state index in [0.29, 0.717) is 6.42 Å². The zero-order valence-electron chi connectivity index (χ0n) is 8.92. The molecular formula is C12H16N2O. The second-order valence-electron chi connectivity index (χ2n) is 3.84. The van der Waals surface area contributed by atoms with Crippen molar-refractivity contribution >= 4 is 5.91 Å². The Morgan fingerprint density at radius 2 is 2.27 bits per heavy atom. The van der Waals surface area contributed by atoms with Gasteiger partial charge in [0.1, 0.15) is 0 Å². The molecule has 0 aliphatic heterocycles. The van der Waals surface area contributed by atoms with Crippen LogP contribution in [-0.2, 0) is 11.2 Å². The van der Waals surface area contributed by atoms with Crippen molar-refractivity contribution in [3.05, 3.63) is 35.4 Å². The molecule has 2 rings (SSSR count). The first-order valence-electron chi connectivity index (χ1n) is 5.43. The summed E-state index contributed by atoms with van der Waals surface area (Å²) in [5.74, 6) is 0.0411. The minimum atomic E-state index is 0.0411. The monoisotopic (exact) mass is 204 g/mol. The highest BCUT2D eigenvalue weighted by Gasteiger charge is 2.21. The summed E-state index contributed by atoms with van der Waals surface area (Å²) in [6, 6.07) is 8.65. The van der Waals surface area contributed by atoms with Crippen LogP contribution in [0.5, 0.6) is 0 Å². The molecule has 1 aromatic carbocycles. The topological polar surface area (TPSA) is 41.1 Å². The Labute approximate surface area is 89.8 Å². The van der Waals surface area contributed by atoms with Gasteiger partial charge < -0.3 is 0 Å². The Bertz CT molecular complexity index is 362. The zero-order chi connectivity index (χ0) is 10.7. The van der Waals surface area contributed by atoms with Gasteiger partial charge in [-0.15, -0.1) is 0 Å². The molecule has 0 fully saturated rings. The molecule has 0 spiro atoms. The minimum Gasteiger partial charge on any atom is -0.291 e. The fourth-order valence-electron chi connectivity index (χ4n) is 1.96. The number of amides is 1. The molecule has 1 aliphatic carbocycles. The fraction of sp³-hybridized carbons (Fsp3) is 0.417. The van der Waals surface area contributed by atoms with E-state index in [0.717, 1.165) is 12.8 Å². The van der Waals surface area contributed by atoms with Crippen LogP contribution >= 0.6 is 0 Å². The van der Waals surface area contributed by atoms with Gasteiger partial charge in [-0.3, -0.25) is 10.2 Å². The van der Waals surface area contributed by atoms with Crippen molar-refractivity contribution in [1.82, 2.24) is 10.9 Å². The third-order valence-corrected chi connectivity index (χ3v) is 2.84. The van der Waals surface area contributed by atoms with E-state index in [1.54, 1.807) is 0 Å². The lowest BCUT2D eigenvalue weighted by atomic mass is 10.1. The Hall–Kier alpha value is -1.35. The summed E-state index contributed by atoms with van der Waals surface area (Å²) >= 11 is 0. The van der Waals surface area contributed by atoms with E-state index in [-0.39, 0.29) is 11.9 Å². The van der Waals surface area contributed by atoms with Crippen LogP contribution in [0.25, 0.3) is 0 Å². The lowest BCUT2D eigenvalue weighted by Crippen LogP contribution is -2.38. The first-order chi connectivity index (χ1) is 7.31. The Kier molecular flexibility index (Phi) is 3.02. The van der Waals surface area contributed by atoms with Gasteiger partial charge in [0.15, 0.2) is 0 Å². The maximum absolute atomic E-state index is 11.1. The van der Waals surface area contributed by atoms with Crippen LogP contribution in [0.4, 0.5) is 0 Å². The molecule has 3 heteroatoms. The lowest BCUT2D eigenvalue weighted by Gasteiger charge is -2.14. The number of fused-ring (bicyclic) bond motifs is 1. The quantitative estimate of drug-likeness (QED) is 0.736. The molecule has 1 atom stereocenters. The van der Waals surface area contributed by atoms with Gasteiger partial charge in [0.05, 0.1) is 6.04 Å². The third-order valence-electron chi connectivity index (χ3n) is 2.84. The standard InChI is InChI=1S/C12H16N2O/c1-2-12(15)14-13-11-8-7-9-5-3-4-6-10(9)11/h3-6,11,13H,2,7-8H2,1H3,(H,14,15). The van der Waals surface area contributed by atoms with E-state index >= 15 is 0 Å². The van der Waals surface area contributed by atoms with E-state index in [4.69, 9.17) is 0 Å². The van der Waals surface area contributed by atoms with Crippen LogP contribution in [0.2, 0.25) is 0 Å². The first-order valence-corrected chi connectivity index (χ1v) is 5.43. The van der Waals surface area contributed by atoms with Gasteiger partial charge >= 0.3 is 0 Å². The van der Waals surface area contributed by atoms with Crippen LogP contribution in [0, 0.1) is 0 Å². The number of carbonyl (C=O) groups is 1. The molecule has 0 saturated heterocycles. The van der Waals surface area contributed by atoms with Gasteiger partial charge in [-0.1, -0.05) is 31.2 Å². The smallest absolute Gasteiger partial charge is 0.233 e. The van der Waals surface area contributed by atoms with Crippen molar-refractivity contribution in [1.29, 1.82) is 0 Å². The van der Waals surface area contributed by atoms with Gasteiger partial charge in [-0.25, -0.2) is 5.43 Å². The normalized spacial score (nSPS) is 18.6. The van der Waals surface area contributed by atoms with Crippen LogP contribution < -0.4 is 10.9 Å². The van der Waals surface area contributed by atoms with Gasteiger partial charge in [-0.05, 0) is 24.0 Å². The molecule has 1 aliphatic rings. The van der Waals surface area contributed by atoms with E-state index in [2.05, 4.69) is 29.1 Å². The fourth-order valence-corrected chi connectivity index (χ4v) is 1.96. The molecule has 2 N–H and O–H groups in total. The molecule has 15 heavy (non-hydrogen) atoms. The maximum atomic E-state index is 11.1. The Morgan fingerprint density at radius 1 is 1.47 bits per heavy atom. The average molecular weight is 204 g/mol. The van der Waals surface area contributed by atoms with Crippen molar-refractivity contribution < 1.29 is 4.79 Å². The summed E-state index contributed by atoms with van der Waals surface area (Å²) in [7, 11) is 0. The molecule has 0 radical (unpaired) electrons. The molecule has 80 valence electrons. The zero-order valence-corrected chi connectivity index (χ0v) is 8.92.